The number of nitro groups is 1. The molecular weight excluding hydrogens is 386 g/mol. The maximum Gasteiger partial charge on any atom is 0.269 e. The molecule has 30 heavy (non-hydrogen) atoms. The van der Waals surface area contributed by atoms with Gasteiger partial charge in [0.1, 0.15) is 5.82 Å². The van der Waals surface area contributed by atoms with Crippen molar-refractivity contribution in [2.75, 3.05) is 6.54 Å². The Morgan fingerprint density at radius 1 is 1.13 bits per heavy atom. The van der Waals surface area contributed by atoms with Gasteiger partial charge in [0.15, 0.2) is 0 Å². The van der Waals surface area contributed by atoms with Gasteiger partial charge in [-0.2, -0.15) is 0 Å². The van der Waals surface area contributed by atoms with Crippen molar-refractivity contribution >= 4 is 28.5 Å². The summed E-state index contributed by atoms with van der Waals surface area (Å²) in [6.45, 7) is 4.13. The molecule has 3 rings (SSSR count). The average molecular weight is 409 g/mol. The van der Waals surface area contributed by atoms with Gasteiger partial charge < -0.3 is 15.6 Å². The summed E-state index contributed by atoms with van der Waals surface area (Å²) in [5.41, 5.74) is 1.95. The van der Waals surface area contributed by atoms with Gasteiger partial charge in [-0.15, -0.1) is 0 Å². The van der Waals surface area contributed by atoms with Crippen LogP contribution in [0.2, 0.25) is 0 Å². The van der Waals surface area contributed by atoms with Crippen LogP contribution in [0.4, 0.5) is 5.69 Å². The Morgan fingerprint density at radius 2 is 1.83 bits per heavy atom. The number of fused-ring (bicyclic) bond motifs is 1. The van der Waals surface area contributed by atoms with E-state index in [1.807, 2.05) is 38.1 Å². The Balaban J connectivity index is 1.54. The van der Waals surface area contributed by atoms with Crippen molar-refractivity contribution in [3.8, 4) is 0 Å². The first-order valence-corrected chi connectivity index (χ1v) is 9.62. The summed E-state index contributed by atoms with van der Waals surface area (Å²) in [5, 5.41) is 16.3. The molecule has 0 fully saturated rings. The largest absolute Gasteiger partial charge is 0.352 e. The van der Waals surface area contributed by atoms with E-state index in [1.54, 1.807) is 0 Å². The van der Waals surface area contributed by atoms with E-state index in [-0.39, 0.29) is 36.5 Å². The van der Waals surface area contributed by atoms with Crippen molar-refractivity contribution in [3.63, 3.8) is 0 Å². The quantitative estimate of drug-likeness (QED) is 0.389. The van der Waals surface area contributed by atoms with E-state index >= 15 is 0 Å². The maximum absolute atomic E-state index is 12.4. The molecule has 156 valence electrons. The first-order valence-electron chi connectivity index (χ1n) is 9.62. The summed E-state index contributed by atoms with van der Waals surface area (Å²) in [6.07, 6.45) is 0.0994. The minimum absolute atomic E-state index is 0.0868. The summed E-state index contributed by atoms with van der Waals surface area (Å²) in [6, 6.07) is 12.7. The number of non-ortho nitro benzene ring substituents is 1. The number of para-hydroxylation sites is 2. The highest BCUT2D eigenvalue weighted by molar-refractivity contribution is 5.94. The standard InChI is InChI=1S/C21H23N5O4/c1-13(2)19(20-23-16-5-3-4-6-17(16)24-20)25-18(27)11-12-22-21(28)14-7-9-15(10-8-14)26(29)30/h3-10,13,19H,11-12H2,1-2H3,(H,22,28)(H,23,24)(H,25,27)/t19-/m0/s1. The number of imidazole rings is 1. The van der Waals surface area contributed by atoms with Crippen LogP contribution in [0.15, 0.2) is 48.5 Å². The van der Waals surface area contributed by atoms with Gasteiger partial charge in [0.05, 0.1) is 22.0 Å². The summed E-state index contributed by atoms with van der Waals surface area (Å²) in [4.78, 5) is 42.5. The van der Waals surface area contributed by atoms with Crippen molar-refractivity contribution in [3.05, 3.63) is 70.0 Å². The highest BCUT2D eigenvalue weighted by Gasteiger charge is 2.21. The van der Waals surface area contributed by atoms with E-state index in [0.29, 0.717) is 11.4 Å². The highest BCUT2D eigenvalue weighted by Crippen LogP contribution is 2.22. The van der Waals surface area contributed by atoms with Crippen molar-refractivity contribution in [1.29, 1.82) is 0 Å². The normalized spacial score (nSPS) is 12.0. The number of nitrogens with one attached hydrogen (secondary N) is 3. The molecular formula is C21H23N5O4. The molecule has 0 aliphatic rings. The van der Waals surface area contributed by atoms with E-state index in [4.69, 9.17) is 0 Å². The third kappa shape index (κ3) is 4.99. The van der Waals surface area contributed by atoms with Gasteiger partial charge >= 0.3 is 0 Å². The number of nitrogens with zero attached hydrogens (tertiary/aromatic N) is 2. The molecule has 0 aliphatic carbocycles. The molecule has 3 N–H and O–H groups in total. The number of hydrogen-bond donors (Lipinski definition) is 3. The van der Waals surface area contributed by atoms with Crippen LogP contribution in [0.5, 0.6) is 0 Å². The zero-order chi connectivity index (χ0) is 21.7. The molecule has 9 nitrogen and oxygen atoms in total. The molecule has 0 bridgehead atoms. The Labute approximate surface area is 173 Å². The van der Waals surface area contributed by atoms with Gasteiger partial charge in [0.25, 0.3) is 11.6 Å². The second-order valence-electron chi connectivity index (χ2n) is 7.24. The van der Waals surface area contributed by atoms with Crippen molar-refractivity contribution < 1.29 is 14.5 Å². The minimum Gasteiger partial charge on any atom is -0.352 e. The van der Waals surface area contributed by atoms with Gasteiger partial charge in [-0.1, -0.05) is 26.0 Å². The number of hydrogen-bond acceptors (Lipinski definition) is 5. The molecule has 2 amide bonds. The Hall–Kier alpha value is -3.75. The number of H-pyrrole nitrogens is 1. The fourth-order valence-electron chi connectivity index (χ4n) is 3.04. The van der Waals surface area contributed by atoms with E-state index in [9.17, 15) is 19.7 Å². The SMILES string of the molecule is CC(C)[C@H](NC(=O)CCNC(=O)c1ccc([N+](=O)[O-])cc1)c1nc2ccccc2[nH]1. The second-order valence-corrected chi connectivity index (χ2v) is 7.24. The second kappa shape index (κ2) is 9.17. The molecule has 0 spiro atoms. The van der Waals surface area contributed by atoms with Crippen LogP contribution in [0.25, 0.3) is 11.0 Å². The van der Waals surface area contributed by atoms with Crippen LogP contribution < -0.4 is 10.6 Å². The summed E-state index contributed by atoms with van der Waals surface area (Å²) in [7, 11) is 0. The summed E-state index contributed by atoms with van der Waals surface area (Å²) in [5.74, 6) is 0.201. The Morgan fingerprint density at radius 3 is 2.47 bits per heavy atom. The summed E-state index contributed by atoms with van der Waals surface area (Å²) < 4.78 is 0. The van der Waals surface area contributed by atoms with Gasteiger partial charge in [0, 0.05) is 30.7 Å². The molecule has 0 radical (unpaired) electrons. The number of carbonyl (C=O) groups is 2. The van der Waals surface area contributed by atoms with Crippen molar-refractivity contribution in [2.45, 2.75) is 26.3 Å². The molecule has 3 aromatic rings. The number of aromatic amines is 1. The summed E-state index contributed by atoms with van der Waals surface area (Å²) >= 11 is 0. The smallest absolute Gasteiger partial charge is 0.269 e. The molecule has 0 unspecified atom stereocenters. The lowest BCUT2D eigenvalue weighted by molar-refractivity contribution is -0.384. The van der Waals surface area contributed by atoms with Crippen molar-refractivity contribution in [2.24, 2.45) is 5.92 Å². The lowest BCUT2D eigenvalue weighted by Gasteiger charge is -2.20. The lowest BCUT2D eigenvalue weighted by Crippen LogP contribution is -2.35. The molecule has 0 aliphatic heterocycles. The third-order valence-electron chi connectivity index (χ3n) is 4.66. The van der Waals surface area contributed by atoms with E-state index in [2.05, 4.69) is 20.6 Å². The fraction of sp³-hybridized carbons (Fsp3) is 0.286. The number of carbonyl (C=O) groups excluding carboxylic acids is 2. The number of nitro benzene ring substituents is 1. The van der Waals surface area contributed by atoms with Gasteiger partial charge in [0.2, 0.25) is 5.91 Å². The van der Waals surface area contributed by atoms with Crippen LogP contribution in [0.3, 0.4) is 0 Å². The minimum atomic E-state index is -0.529. The molecule has 9 heteroatoms. The number of benzene rings is 2. The molecule has 0 saturated heterocycles. The maximum atomic E-state index is 12.4. The highest BCUT2D eigenvalue weighted by atomic mass is 16.6. The number of amides is 2. The lowest BCUT2D eigenvalue weighted by atomic mass is 10.0. The van der Waals surface area contributed by atoms with Crippen LogP contribution in [0, 0.1) is 16.0 Å². The van der Waals surface area contributed by atoms with Crippen molar-refractivity contribution in [1.82, 2.24) is 20.6 Å². The first kappa shape index (κ1) is 21.0. The van der Waals surface area contributed by atoms with Crippen LogP contribution in [0.1, 0.15) is 42.5 Å². The topological polar surface area (TPSA) is 130 Å². The van der Waals surface area contributed by atoms with Gasteiger partial charge in [-0.25, -0.2) is 4.98 Å². The van der Waals surface area contributed by atoms with E-state index in [1.165, 1.54) is 24.3 Å². The number of rotatable bonds is 8. The Bertz CT molecular complexity index is 1030. The number of aromatic nitrogens is 2. The monoisotopic (exact) mass is 409 g/mol. The van der Waals surface area contributed by atoms with E-state index in [0.717, 1.165) is 11.0 Å². The molecule has 1 atom stereocenters. The zero-order valence-corrected chi connectivity index (χ0v) is 16.7. The van der Waals surface area contributed by atoms with Crippen LogP contribution in [-0.4, -0.2) is 33.3 Å². The van der Waals surface area contributed by atoms with Crippen LogP contribution >= 0.6 is 0 Å². The average Bonchev–Trinajstić information content (AvgIpc) is 3.15. The first-order chi connectivity index (χ1) is 14.3. The third-order valence-corrected chi connectivity index (χ3v) is 4.66. The molecule has 2 aromatic carbocycles. The van der Waals surface area contributed by atoms with Crippen LogP contribution in [-0.2, 0) is 4.79 Å². The zero-order valence-electron chi connectivity index (χ0n) is 16.7. The predicted octanol–water partition coefficient (Wildman–Crippen LogP) is 3.10. The predicted molar refractivity (Wildman–Crippen MR) is 112 cm³/mol. The van der Waals surface area contributed by atoms with E-state index < -0.39 is 10.8 Å². The fourth-order valence-corrected chi connectivity index (χ4v) is 3.04. The Kier molecular flexibility index (Phi) is 6.41. The molecule has 1 aromatic heterocycles. The molecule has 0 saturated carbocycles. The van der Waals surface area contributed by atoms with Gasteiger partial charge in [-0.3, -0.25) is 19.7 Å². The molecule has 1 heterocycles. The van der Waals surface area contributed by atoms with Gasteiger partial charge in [-0.05, 0) is 30.2 Å².